The summed E-state index contributed by atoms with van der Waals surface area (Å²) < 4.78 is 0. The molecule has 4 nitrogen and oxygen atoms in total. The van der Waals surface area contributed by atoms with Crippen molar-refractivity contribution in [3.8, 4) is 5.75 Å². The zero-order chi connectivity index (χ0) is 11.5. The van der Waals surface area contributed by atoms with Gasteiger partial charge in [0.05, 0.1) is 6.54 Å². The SMILES string of the molecule is CNCC(=O)N1CCc2ccc(O)cc2C1.Cl. The molecule has 0 bridgehead atoms. The van der Waals surface area contributed by atoms with Crippen LogP contribution < -0.4 is 5.32 Å². The molecule has 0 radical (unpaired) electrons. The molecule has 94 valence electrons. The number of carbonyl (C=O) groups is 1. The molecule has 1 aromatic carbocycles. The molecular formula is C12H17ClN2O2. The van der Waals surface area contributed by atoms with Crippen molar-refractivity contribution < 1.29 is 9.90 Å². The predicted octanol–water partition coefficient (Wildman–Crippen LogP) is 0.918. The first kappa shape index (κ1) is 13.8. The number of hydrogen-bond acceptors (Lipinski definition) is 3. The number of benzene rings is 1. The fraction of sp³-hybridized carbons (Fsp3) is 0.417. The van der Waals surface area contributed by atoms with Gasteiger partial charge in [0.25, 0.3) is 0 Å². The molecule has 1 amide bonds. The lowest BCUT2D eigenvalue weighted by Crippen LogP contribution is -2.40. The Morgan fingerprint density at radius 2 is 2.24 bits per heavy atom. The molecule has 0 fully saturated rings. The van der Waals surface area contributed by atoms with Crippen LogP contribution in [0.5, 0.6) is 5.75 Å². The van der Waals surface area contributed by atoms with Gasteiger partial charge in [0.2, 0.25) is 5.91 Å². The number of fused-ring (bicyclic) bond motifs is 1. The van der Waals surface area contributed by atoms with Crippen LogP contribution in [0.25, 0.3) is 0 Å². The second kappa shape index (κ2) is 5.89. The van der Waals surface area contributed by atoms with Gasteiger partial charge in [-0.1, -0.05) is 6.07 Å². The summed E-state index contributed by atoms with van der Waals surface area (Å²) in [6.07, 6.45) is 0.866. The Kier molecular flexibility index (Phi) is 4.78. The molecule has 0 saturated carbocycles. The summed E-state index contributed by atoms with van der Waals surface area (Å²) in [6, 6.07) is 5.38. The summed E-state index contributed by atoms with van der Waals surface area (Å²) in [5, 5.41) is 12.3. The number of phenols is 1. The maximum atomic E-state index is 11.7. The van der Waals surface area contributed by atoms with Crippen LogP contribution in [0, 0.1) is 0 Å². The van der Waals surface area contributed by atoms with Crippen molar-refractivity contribution >= 4 is 18.3 Å². The quantitative estimate of drug-likeness (QED) is 0.827. The molecule has 0 aromatic heterocycles. The molecule has 1 aromatic rings. The summed E-state index contributed by atoms with van der Waals surface area (Å²) in [4.78, 5) is 13.5. The second-order valence-corrected chi connectivity index (χ2v) is 4.05. The van der Waals surface area contributed by atoms with Crippen LogP contribution >= 0.6 is 12.4 Å². The van der Waals surface area contributed by atoms with Crippen molar-refractivity contribution in [2.75, 3.05) is 20.1 Å². The third-order valence-corrected chi connectivity index (χ3v) is 2.88. The van der Waals surface area contributed by atoms with Crippen LogP contribution in [0.15, 0.2) is 18.2 Å². The van der Waals surface area contributed by atoms with Crippen LogP contribution in [-0.2, 0) is 17.8 Å². The molecule has 5 heteroatoms. The van der Waals surface area contributed by atoms with Gasteiger partial charge >= 0.3 is 0 Å². The lowest BCUT2D eigenvalue weighted by molar-refractivity contribution is -0.131. The minimum atomic E-state index is 0. The Labute approximate surface area is 107 Å². The van der Waals surface area contributed by atoms with Crippen LogP contribution in [0.3, 0.4) is 0 Å². The Morgan fingerprint density at radius 3 is 2.94 bits per heavy atom. The van der Waals surface area contributed by atoms with Gasteiger partial charge in [-0.05, 0) is 36.7 Å². The monoisotopic (exact) mass is 256 g/mol. The van der Waals surface area contributed by atoms with Crippen molar-refractivity contribution in [1.29, 1.82) is 0 Å². The average Bonchev–Trinajstić information content (AvgIpc) is 2.28. The van der Waals surface area contributed by atoms with E-state index in [1.807, 2.05) is 11.0 Å². The van der Waals surface area contributed by atoms with Crippen molar-refractivity contribution in [3.63, 3.8) is 0 Å². The van der Waals surface area contributed by atoms with E-state index in [2.05, 4.69) is 5.32 Å². The average molecular weight is 257 g/mol. The number of nitrogens with one attached hydrogen (secondary N) is 1. The number of rotatable bonds is 2. The molecule has 1 aliphatic rings. The molecule has 2 rings (SSSR count). The number of halogens is 1. The Balaban J connectivity index is 0.00000144. The van der Waals surface area contributed by atoms with Gasteiger partial charge in [0, 0.05) is 13.1 Å². The molecule has 0 saturated heterocycles. The molecule has 1 heterocycles. The van der Waals surface area contributed by atoms with E-state index < -0.39 is 0 Å². The van der Waals surface area contributed by atoms with E-state index in [1.54, 1.807) is 19.2 Å². The van der Waals surface area contributed by atoms with E-state index >= 15 is 0 Å². The topological polar surface area (TPSA) is 52.6 Å². The van der Waals surface area contributed by atoms with Crippen molar-refractivity contribution in [3.05, 3.63) is 29.3 Å². The van der Waals surface area contributed by atoms with Crippen LogP contribution in [0.4, 0.5) is 0 Å². The second-order valence-electron chi connectivity index (χ2n) is 4.05. The van der Waals surface area contributed by atoms with Gasteiger partial charge in [-0.15, -0.1) is 12.4 Å². The van der Waals surface area contributed by atoms with Gasteiger partial charge in [-0.3, -0.25) is 4.79 Å². The highest BCUT2D eigenvalue weighted by Crippen LogP contribution is 2.22. The highest BCUT2D eigenvalue weighted by molar-refractivity contribution is 5.85. The minimum Gasteiger partial charge on any atom is -0.508 e. The molecular weight excluding hydrogens is 240 g/mol. The third kappa shape index (κ3) is 3.11. The molecule has 0 atom stereocenters. The van der Waals surface area contributed by atoms with E-state index in [0.29, 0.717) is 13.1 Å². The molecule has 0 unspecified atom stereocenters. The number of nitrogens with zero attached hydrogens (tertiary/aromatic N) is 1. The summed E-state index contributed by atoms with van der Waals surface area (Å²) in [5.74, 6) is 0.373. The van der Waals surface area contributed by atoms with E-state index in [0.717, 1.165) is 18.5 Å². The minimum absolute atomic E-state index is 0. The summed E-state index contributed by atoms with van der Waals surface area (Å²) >= 11 is 0. The van der Waals surface area contributed by atoms with E-state index in [9.17, 15) is 9.90 Å². The highest BCUT2D eigenvalue weighted by Gasteiger charge is 2.19. The Hall–Kier alpha value is -1.26. The van der Waals surface area contributed by atoms with Gasteiger partial charge in [0.1, 0.15) is 5.75 Å². The van der Waals surface area contributed by atoms with Crippen molar-refractivity contribution in [2.24, 2.45) is 0 Å². The zero-order valence-corrected chi connectivity index (χ0v) is 10.6. The first-order valence-electron chi connectivity index (χ1n) is 5.44. The zero-order valence-electron chi connectivity index (χ0n) is 9.77. The Bertz CT molecular complexity index is 409. The number of phenolic OH excluding ortho intramolecular Hbond substituents is 1. The van der Waals surface area contributed by atoms with Gasteiger partial charge in [-0.2, -0.15) is 0 Å². The smallest absolute Gasteiger partial charge is 0.236 e. The van der Waals surface area contributed by atoms with E-state index in [4.69, 9.17) is 0 Å². The van der Waals surface area contributed by atoms with Crippen molar-refractivity contribution in [1.82, 2.24) is 10.2 Å². The van der Waals surface area contributed by atoms with Gasteiger partial charge in [0.15, 0.2) is 0 Å². The predicted molar refractivity (Wildman–Crippen MR) is 68.4 cm³/mol. The molecule has 0 aliphatic carbocycles. The van der Waals surface area contributed by atoms with Crippen LogP contribution in [-0.4, -0.2) is 36.1 Å². The fourth-order valence-corrected chi connectivity index (χ4v) is 2.02. The van der Waals surface area contributed by atoms with Crippen LogP contribution in [0.1, 0.15) is 11.1 Å². The highest BCUT2D eigenvalue weighted by atomic mass is 35.5. The molecule has 2 N–H and O–H groups in total. The van der Waals surface area contributed by atoms with Gasteiger partial charge < -0.3 is 15.3 Å². The molecule has 0 spiro atoms. The lowest BCUT2D eigenvalue weighted by Gasteiger charge is -2.29. The van der Waals surface area contributed by atoms with Crippen LogP contribution in [0.2, 0.25) is 0 Å². The number of carbonyl (C=O) groups excluding carboxylic acids is 1. The van der Waals surface area contributed by atoms with Crippen molar-refractivity contribution in [2.45, 2.75) is 13.0 Å². The summed E-state index contributed by atoms with van der Waals surface area (Å²) in [7, 11) is 1.77. The third-order valence-electron chi connectivity index (χ3n) is 2.88. The van der Waals surface area contributed by atoms with E-state index in [1.165, 1.54) is 5.56 Å². The number of hydrogen-bond donors (Lipinski definition) is 2. The maximum Gasteiger partial charge on any atom is 0.236 e. The molecule has 17 heavy (non-hydrogen) atoms. The fourth-order valence-electron chi connectivity index (χ4n) is 2.02. The summed E-state index contributed by atoms with van der Waals surface area (Å²) in [6.45, 7) is 1.73. The first-order chi connectivity index (χ1) is 7.70. The maximum absolute atomic E-state index is 11.7. The standard InChI is InChI=1S/C12H16N2O2.ClH/c1-13-7-12(16)14-5-4-9-2-3-11(15)6-10(9)8-14;/h2-3,6,13,15H,4-5,7-8H2,1H3;1H. The van der Waals surface area contributed by atoms with E-state index in [-0.39, 0.29) is 24.1 Å². The number of amides is 1. The Morgan fingerprint density at radius 1 is 1.47 bits per heavy atom. The lowest BCUT2D eigenvalue weighted by atomic mass is 9.99. The number of likely N-dealkylation sites (N-methyl/N-ethyl adjacent to an activating group) is 1. The molecule has 1 aliphatic heterocycles. The largest absolute Gasteiger partial charge is 0.508 e. The normalized spacial score (nSPS) is 13.8. The summed E-state index contributed by atoms with van der Waals surface area (Å²) in [5.41, 5.74) is 2.28. The van der Waals surface area contributed by atoms with Gasteiger partial charge in [-0.25, -0.2) is 0 Å². The number of aromatic hydroxyl groups is 1. The first-order valence-corrected chi connectivity index (χ1v) is 5.44.